The van der Waals surface area contributed by atoms with Crippen molar-refractivity contribution in [2.75, 3.05) is 0 Å². The average Bonchev–Trinajstić information content (AvgIpc) is 2.41. The van der Waals surface area contributed by atoms with Crippen molar-refractivity contribution in [3.63, 3.8) is 0 Å². The summed E-state index contributed by atoms with van der Waals surface area (Å²) in [5.41, 5.74) is 2.78. The number of halogens is 1. The number of hydrogen-bond acceptors (Lipinski definition) is 1. The second kappa shape index (κ2) is 3.05. The Kier molecular flexibility index (Phi) is 2.29. The number of fused-ring (bicyclic) bond motifs is 1. The zero-order valence-electron chi connectivity index (χ0n) is 5.97. The highest BCUT2D eigenvalue weighted by atomic mass is 79.9. The van der Waals surface area contributed by atoms with Crippen molar-refractivity contribution < 1.29 is 9.90 Å². The smallest absolute Gasteiger partial charge is 0.300 e. The van der Waals surface area contributed by atoms with Crippen LogP contribution in [0.1, 0.15) is 6.92 Å². The number of benzene rings is 1. The van der Waals surface area contributed by atoms with Crippen LogP contribution in [-0.2, 0) is 4.79 Å². The van der Waals surface area contributed by atoms with Crippen molar-refractivity contribution >= 4 is 21.9 Å². The Morgan fingerprint density at radius 2 is 1.82 bits per heavy atom. The summed E-state index contributed by atoms with van der Waals surface area (Å²) in [4.78, 5) is 9.00. The van der Waals surface area contributed by atoms with Crippen molar-refractivity contribution in [2.24, 2.45) is 0 Å². The van der Waals surface area contributed by atoms with E-state index in [1.807, 2.05) is 0 Å². The molecule has 0 fully saturated rings. The van der Waals surface area contributed by atoms with Crippen molar-refractivity contribution in [3.05, 3.63) is 22.7 Å². The molecule has 0 saturated heterocycles. The molecule has 11 heavy (non-hydrogen) atoms. The third kappa shape index (κ3) is 2.05. The van der Waals surface area contributed by atoms with E-state index in [0.717, 1.165) is 6.92 Å². The van der Waals surface area contributed by atoms with Crippen LogP contribution < -0.4 is 0 Å². The van der Waals surface area contributed by atoms with E-state index in [-0.39, 0.29) is 0 Å². The molecular weight excluding hydrogens is 208 g/mol. The van der Waals surface area contributed by atoms with Gasteiger partial charge in [0.05, 0.1) is 0 Å². The second-order valence-electron chi connectivity index (χ2n) is 2.19. The molecule has 0 saturated carbocycles. The molecule has 0 bridgehead atoms. The molecule has 1 N–H and O–H groups in total. The zero-order valence-corrected chi connectivity index (χ0v) is 7.55. The third-order valence-corrected chi connectivity index (χ3v) is 2.08. The van der Waals surface area contributed by atoms with Crippen LogP contribution in [0.2, 0.25) is 0 Å². The van der Waals surface area contributed by atoms with E-state index in [0.29, 0.717) is 0 Å². The molecule has 0 amide bonds. The van der Waals surface area contributed by atoms with Gasteiger partial charge >= 0.3 is 0 Å². The van der Waals surface area contributed by atoms with Gasteiger partial charge in [-0.3, -0.25) is 4.79 Å². The quantitative estimate of drug-likeness (QED) is 0.732. The number of carboxylic acid groups (broad SMARTS) is 1. The fourth-order valence-corrected chi connectivity index (χ4v) is 1.35. The highest BCUT2D eigenvalue weighted by molar-refractivity contribution is 9.11. The van der Waals surface area contributed by atoms with Gasteiger partial charge in [-0.2, -0.15) is 0 Å². The lowest BCUT2D eigenvalue weighted by Crippen LogP contribution is -1.78. The van der Waals surface area contributed by atoms with E-state index in [1.54, 1.807) is 0 Å². The minimum atomic E-state index is -0.833. The Morgan fingerprint density at radius 3 is 2.00 bits per heavy atom. The van der Waals surface area contributed by atoms with Crippen LogP contribution in [-0.4, -0.2) is 11.1 Å². The molecule has 0 aromatic rings. The maximum Gasteiger partial charge on any atom is 0.300 e. The molecule has 0 spiro atoms. The highest BCUT2D eigenvalue weighted by Gasteiger charge is 2.19. The first kappa shape index (κ1) is 8.27. The van der Waals surface area contributed by atoms with Crippen LogP contribution in [0.15, 0.2) is 22.7 Å². The van der Waals surface area contributed by atoms with Crippen LogP contribution in [0.25, 0.3) is 11.1 Å². The van der Waals surface area contributed by atoms with Crippen molar-refractivity contribution in [1.82, 2.24) is 0 Å². The van der Waals surface area contributed by atoms with Crippen LogP contribution in [0.5, 0.6) is 0 Å². The predicted molar refractivity (Wildman–Crippen MR) is 46.4 cm³/mol. The molecule has 2 rings (SSSR count). The van der Waals surface area contributed by atoms with Crippen LogP contribution in [0.3, 0.4) is 0 Å². The van der Waals surface area contributed by atoms with E-state index >= 15 is 0 Å². The normalized spacial score (nSPS) is 9.64. The van der Waals surface area contributed by atoms with Gasteiger partial charge in [-0.1, -0.05) is 18.2 Å². The Labute approximate surface area is 73.0 Å². The molecule has 0 radical (unpaired) electrons. The molecule has 0 aromatic carbocycles. The SMILES string of the molecule is Brc1c2cccc1-2.CC(=O)O. The Hall–Kier alpha value is -0.830. The molecule has 2 aliphatic rings. The summed E-state index contributed by atoms with van der Waals surface area (Å²) >= 11 is 3.39. The minimum Gasteiger partial charge on any atom is -0.481 e. The van der Waals surface area contributed by atoms with E-state index in [9.17, 15) is 0 Å². The molecule has 0 atom stereocenters. The molecule has 58 valence electrons. The maximum atomic E-state index is 9.00. The molecule has 0 unspecified atom stereocenters. The zero-order chi connectivity index (χ0) is 8.43. The van der Waals surface area contributed by atoms with E-state index < -0.39 is 5.97 Å². The van der Waals surface area contributed by atoms with Gasteiger partial charge < -0.3 is 5.11 Å². The van der Waals surface area contributed by atoms with Gasteiger partial charge in [-0.25, -0.2) is 0 Å². The molecule has 0 aromatic heterocycles. The van der Waals surface area contributed by atoms with Crippen molar-refractivity contribution in [2.45, 2.75) is 6.92 Å². The lowest BCUT2D eigenvalue weighted by atomic mass is 10.6. The predicted octanol–water partition coefficient (Wildman–Crippen LogP) is 2.52. The summed E-state index contributed by atoms with van der Waals surface area (Å²) < 4.78 is 1.30. The van der Waals surface area contributed by atoms with Gasteiger partial charge in [0.15, 0.2) is 0 Å². The van der Waals surface area contributed by atoms with Gasteiger partial charge in [0.1, 0.15) is 0 Å². The minimum absolute atomic E-state index is 0.833. The Bertz CT molecular complexity index is 270. The number of carboxylic acids is 1. The van der Waals surface area contributed by atoms with E-state index in [4.69, 9.17) is 9.90 Å². The molecule has 3 heteroatoms. The summed E-state index contributed by atoms with van der Waals surface area (Å²) in [5, 5.41) is 7.42. The molecule has 2 nitrogen and oxygen atoms in total. The first-order valence-electron chi connectivity index (χ1n) is 3.11. The first-order valence-corrected chi connectivity index (χ1v) is 3.90. The maximum absolute atomic E-state index is 9.00. The van der Waals surface area contributed by atoms with Crippen molar-refractivity contribution in [1.29, 1.82) is 0 Å². The highest BCUT2D eigenvalue weighted by Crippen LogP contribution is 2.47. The Morgan fingerprint density at radius 1 is 1.45 bits per heavy atom. The standard InChI is InChI=1S/C6H3Br.C2H4O2/c7-6-4-2-1-3-5(4)6;1-2(3)4/h1-3H;1H3,(H,3,4). The lowest BCUT2D eigenvalue weighted by Gasteiger charge is -1.59. The van der Waals surface area contributed by atoms with Gasteiger partial charge in [0.2, 0.25) is 0 Å². The summed E-state index contributed by atoms with van der Waals surface area (Å²) in [7, 11) is 0. The lowest BCUT2D eigenvalue weighted by molar-refractivity contribution is -0.134. The van der Waals surface area contributed by atoms with E-state index in [1.165, 1.54) is 15.6 Å². The molecular formula is C8H7BrO2. The fourth-order valence-electron chi connectivity index (χ4n) is 0.758. The van der Waals surface area contributed by atoms with Crippen LogP contribution >= 0.6 is 15.9 Å². The van der Waals surface area contributed by atoms with Gasteiger partial charge in [-0.05, 0) is 27.1 Å². The first-order chi connectivity index (χ1) is 5.13. The van der Waals surface area contributed by atoms with E-state index in [2.05, 4.69) is 34.1 Å². The summed E-state index contributed by atoms with van der Waals surface area (Å²) in [6.45, 7) is 1.08. The number of carbonyl (C=O) groups is 1. The van der Waals surface area contributed by atoms with Gasteiger partial charge in [0.25, 0.3) is 5.97 Å². The summed E-state index contributed by atoms with van der Waals surface area (Å²) in [5.74, 6) is -0.833. The van der Waals surface area contributed by atoms with Gasteiger partial charge in [0, 0.05) is 11.4 Å². The average molecular weight is 215 g/mol. The summed E-state index contributed by atoms with van der Waals surface area (Å²) in [6, 6.07) is 6.29. The van der Waals surface area contributed by atoms with Crippen LogP contribution in [0.4, 0.5) is 0 Å². The number of rotatable bonds is 0. The van der Waals surface area contributed by atoms with Crippen molar-refractivity contribution in [3.8, 4) is 11.1 Å². The molecule has 2 aliphatic carbocycles. The third-order valence-electron chi connectivity index (χ3n) is 1.23. The number of aliphatic carboxylic acids is 1. The molecule has 0 heterocycles. The monoisotopic (exact) mass is 214 g/mol. The van der Waals surface area contributed by atoms with Gasteiger partial charge in [-0.15, -0.1) is 0 Å². The Balaban J connectivity index is 0.000000134. The second-order valence-corrected chi connectivity index (χ2v) is 2.98. The number of hydrogen-bond donors (Lipinski definition) is 1. The fraction of sp³-hybridized carbons (Fsp3) is 0.125. The molecule has 0 aliphatic heterocycles. The summed E-state index contributed by atoms with van der Waals surface area (Å²) in [6.07, 6.45) is 0. The largest absolute Gasteiger partial charge is 0.481 e. The van der Waals surface area contributed by atoms with Crippen LogP contribution in [0, 0.1) is 0 Å². The topological polar surface area (TPSA) is 37.3 Å².